The van der Waals surface area contributed by atoms with Crippen LogP contribution in [0.5, 0.6) is 11.9 Å². The van der Waals surface area contributed by atoms with Crippen LogP contribution in [0.25, 0.3) is 21.3 Å². The molecule has 1 unspecified atom stereocenters. The summed E-state index contributed by atoms with van der Waals surface area (Å²) in [5.41, 5.74) is 2.89. The molecular formula is C22H26N4O2S. The molecule has 2 fully saturated rings. The molecule has 3 heterocycles. The predicted octanol–water partition coefficient (Wildman–Crippen LogP) is 4.50. The highest BCUT2D eigenvalue weighted by molar-refractivity contribution is 7.18. The van der Waals surface area contributed by atoms with Gasteiger partial charge in [-0.15, -0.1) is 11.3 Å². The van der Waals surface area contributed by atoms with E-state index in [2.05, 4.69) is 40.0 Å². The number of hydrogen-bond acceptors (Lipinski definition) is 7. The lowest BCUT2D eigenvalue weighted by atomic mass is 9.79. The van der Waals surface area contributed by atoms with Crippen LogP contribution >= 0.6 is 11.3 Å². The molecule has 0 N–H and O–H groups in total. The van der Waals surface area contributed by atoms with Gasteiger partial charge in [0.1, 0.15) is 0 Å². The summed E-state index contributed by atoms with van der Waals surface area (Å²) in [4.78, 5) is 16.2. The van der Waals surface area contributed by atoms with E-state index in [1.165, 1.54) is 41.9 Å². The van der Waals surface area contributed by atoms with Gasteiger partial charge in [-0.3, -0.25) is 4.90 Å². The van der Waals surface area contributed by atoms with Gasteiger partial charge in [0.05, 0.1) is 35.0 Å². The smallest absolute Gasteiger partial charge is 0.319 e. The van der Waals surface area contributed by atoms with Gasteiger partial charge in [-0.05, 0) is 56.8 Å². The van der Waals surface area contributed by atoms with Crippen molar-refractivity contribution in [3.05, 3.63) is 29.4 Å². The number of thiazole rings is 1. The average Bonchev–Trinajstić information content (AvgIpc) is 3.32. The van der Waals surface area contributed by atoms with Crippen LogP contribution in [0.3, 0.4) is 0 Å². The van der Waals surface area contributed by atoms with Gasteiger partial charge in [-0.2, -0.15) is 4.98 Å². The number of fused-ring (bicyclic) bond motifs is 1. The van der Waals surface area contributed by atoms with E-state index in [1.807, 2.05) is 11.3 Å². The molecule has 2 aromatic heterocycles. The number of ether oxygens (including phenoxy) is 2. The lowest BCUT2D eigenvalue weighted by molar-refractivity contribution is 0.103. The van der Waals surface area contributed by atoms with Gasteiger partial charge in [0, 0.05) is 24.2 Å². The third kappa shape index (κ3) is 3.36. The summed E-state index contributed by atoms with van der Waals surface area (Å²) in [5.74, 6) is 1.11. The van der Waals surface area contributed by atoms with E-state index in [9.17, 15) is 0 Å². The van der Waals surface area contributed by atoms with Crippen LogP contribution in [0.15, 0.2) is 24.4 Å². The maximum atomic E-state index is 5.44. The summed E-state index contributed by atoms with van der Waals surface area (Å²) < 4.78 is 11.8. The molecule has 0 amide bonds. The van der Waals surface area contributed by atoms with Crippen LogP contribution in [0.1, 0.15) is 43.5 Å². The van der Waals surface area contributed by atoms with E-state index < -0.39 is 0 Å². The van der Waals surface area contributed by atoms with Crippen LogP contribution in [-0.2, 0) is 0 Å². The van der Waals surface area contributed by atoms with Crippen molar-refractivity contribution in [3.8, 4) is 23.0 Å². The van der Waals surface area contributed by atoms with Crippen molar-refractivity contribution in [3.63, 3.8) is 0 Å². The van der Waals surface area contributed by atoms with Gasteiger partial charge in [0.2, 0.25) is 5.88 Å². The minimum atomic E-state index is 0.300. The Morgan fingerprint density at radius 1 is 1.14 bits per heavy atom. The fraction of sp³-hybridized carbons (Fsp3) is 0.500. The number of likely N-dealkylation sites (tertiary alicyclic amines) is 1. The van der Waals surface area contributed by atoms with E-state index in [-0.39, 0.29) is 0 Å². The summed E-state index contributed by atoms with van der Waals surface area (Å²) in [6.07, 6.45) is 6.94. The number of hydrogen-bond donors (Lipinski definition) is 0. The van der Waals surface area contributed by atoms with E-state index in [4.69, 9.17) is 14.5 Å². The van der Waals surface area contributed by atoms with Crippen molar-refractivity contribution in [2.24, 2.45) is 0 Å². The fourth-order valence-corrected chi connectivity index (χ4v) is 5.72. The Bertz CT molecular complexity index is 1030. The van der Waals surface area contributed by atoms with Gasteiger partial charge >= 0.3 is 6.01 Å². The molecular weight excluding hydrogens is 384 g/mol. The van der Waals surface area contributed by atoms with Crippen LogP contribution in [0, 0.1) is 0 Å². The zero-order chi connectivity index (χ0) is 20.0. The van der Waals surface area contributed by atoms with Crippen molar-refractivity contribution in [1.82, 2.24) is 19.9 Å². The first-order valence-electron chi connectivity index (χ1n) is 10.3. The van der Waals surface area contributed by atoms with Gasteiger partial charge < -0.3 is 9.47 Å². The Morgan fingerprint density at radius 3 is 2.72 bits per heavy atom. The standard InChI is InChI=1S/C22H26N4O2S/c1-13-5-4-8-26(13)16-9-15(10-16)21-24-18-11-14(6-7-19(18)29-21)17-12-23-22(28-3)25-20(17)27-2/h6-7,11-13,15-16H,4-5,8-10H2,1-3H3/t13?,15-,16-. The minimum Gasteiger partial charge on any atom is -0.480 e. The van der Waals surface area contributed by atoms with Gasteiger partial charge in [0.15, 0.2) is 0 Å². The highest BCUT2D eigenvalue weighted by atomic mass is 32.1. The summed E-state index contributed by atoms with van der Waals surface area (Å²) in [7, 11) is 3.16. The molecule has 1 aromatic carbocycles. The van der Waals surface area contributed by atoms with Crippen LogP contribution < -0.4 is 9.47 Å². The first-order chi connectivity index (χ1) is 14.2. The maximum absolute atomic E-state index is 5.44. The normalized spacial score (nSPS) is 24.6. The van der Waals surface area contributed by atoms with Crippen molar-refractivity contribution < 1.29 is 9.47 Å². The number of benzene rings is 1. The molecule has 6 nitrogen and oxygen atoms in total. The Balaban J connectivity index is 1.37. The van der Waals surface area contributed by atoms with Crippen molar-refractivity contribution in [1.29, 1.82) is 0 Å². The molecule has 152 valence electrons. The second-order valence-electron chi connectivity index (χ2n) is 8.07. The second-order valence-corrected chi connectivity index (χ2v) is 9.13. The molecule has 1 saturated heterocycles. The molecule has 29 heavy (non-hydrogen) atoms. The van der Waals surface area contributed by atoms with E-state index in [1.54, 1.807) is 20.4 Å². The SMILES string of the molecule is COc1ncc(-c2ccc3sc([C@H]4C[C@H](N5CCCC5C)C4)nc3c2)c(OC)n1. The highest BCUT2D eigenvalue weighted by Gasteiger charge is 2.39. The Morgan fingerprint density at radius 2 is 2.00 bits per heavy atom. The van der Waals surface area contributed by atoms with E-state index in [0.717, 1.165) is 28.7 Å². The fourth-order valence-electron chi connectivity index (χ4n) is 4.65. The lowest BCUT2D eigenvalue weighted by Crippen LogP contribution is -2.45. The largest absolute Gasteiger partial charge is 0.480 e. The summed E-state index contributed by atoms with van der Waals surface area (Å²) in [6.45, 7) is 3.64. The van der Waals surface area contributed by atoms with Gasteiger partial charge in [0.25, 0.3) is 0 Å². The Labute approximate surface area is 174 Å². The summed E-state index contributed by atoms with van der Waals surface area (Å²) >= 11 is 1.83. The summed E-state index contributed by atoms with van der Waals surface area (Å²) in [5, 5.41) is 1.28. The zero-order valence-corrected chi connectivity index (χ0v) is 17.9. The molecule has 2 aliphatic rings. The molecule has 1 aliphatic carbocycles. The molecule has 0 bridgehead atoms. The molecule has 1 aliphatic heterocycles. The van der Waals surface area contributed by atoms with Crippen LogP contribution in [0.4, 0.5) is 0 Å². The second kappa shape index (κ2) is 7.54. The lowest BCUT2D eigenvalue weighted by Gasteiger charge is -2.42. The number of methoxy groups -OCH3 is 2. The number of aromatic nitrogens is 3. The first-order valence-corrected chi connectivity index (χ1v) is 11.1. The predicted molar refractivity (Wildman–Crippen MR) is 115 cm³/mol. The van der Waals surface area contributed by atoms with Gasteiger partial charge in [-0.1, -0.05) is 6.07 Å². The molecule has 1 atom stereocenters. The van der Waals surface area contributed by atoms with Crippen molar-refractivity contribution in [2.75, 3.05) is 20.8 Å². The quantitative estimate of drug-likeness (QED) is 0.617. The third-order valence-electron chi connectivity index (χ3n) is 6.36. The zero-order valence-electron chi connectivity index (χ0n) is 17.1. The van der Waals surface area contributed by atoms with Crippen LogP contribution in [-0.4, -0.2) is 52.7 Å². The minimum absolute atomic E-state index is 0.300. The monoisotopic (exact) mass is 410 g/mol. The van der Waals surface area contributed by atoms with Crippen LogP contribution in [0.2, 0.25) is 0 Å². The average molecular weight is 411 g/mol. The van der Waals surface area contributed by atoms with E-state index >= 15 is 0 Å². The Kier molecular flexibility index (Phi) is 4.87. The topological polar surface area (TPSA) is 60.4 Å². The molecule has 3 aromatic rings. The van der Waals surface area contributed by atoms with Gasteiger partial charge in [-0.25, -0.2) is 9.97 Å². The molecule has 0 spiro atoms. The third-order valence-corrected chi connectivity index (χ3v) is 7.56. The number of nitrogens with zero attached hydrogens (tertiary/aromatic N) is 4. The molecule has 7 heteroatoms. The maximum Gasteiger partial charge on any atom is 0.319 e. The van der Waals surface area contributed by atoms with Crippen molar-refractivity contribution in [2.45, 2.75) is 50.6 Å². The van der Waals surface area contributed by atoms with E-state index in [0.29, 0.717) is 17.8 Å². The summed E-state index contributed by atoms with van der Waals surface area (Å²) in [6, 6.07) is 8.15. The molecule has 1 saturated carbocycles. The number of rotatable bonds is 5. The Hall–Kier alpha value is -2.25. The van der Waals surface area contributed by atoms with Crippen molar-refractivity contribution >= 4 is 21.6 Å². The molecule has 5 rings (SSSR count). The first kappa shape index (κ1) is 18.8. The molecule has 0 radical (unpaired) electrons. The highest BCUT2D eigenvalue weighted by Crippen LogP contribution is 2.44.